The number of rotatable bonds is 15. The van der Waals surface area contributed by atoms with Crippen molar-refractivity contribution < 1.29 is 48.1 Å². The second-order valence-electron chi connectivity index (χ2n) is 13.3. The first kappa shape index (κ1) is 38.1. The van der Waals surface area contributed by atoms with E-state index < -0.39 is 42.6 Å². The minimum atomic E-state index is -1.20. The van der Waals surface area contributed by atoms with Gasteiger partial charge in [0.1, 0.15) is 29.3 Å². The molecule has 1 aromatic carbocycles. The van der Waals surface area contributed by atoms with Crippen molar-refractivity contribution in [3.05, 3.63) is 30.0 Å². The number of likely N-dealkylation sites (tertiary alicyclic amines) is 1. The maximum absolute atomic E-state index is 13.7. The number of ether oxygens (including phenoxy) is 3. The fraction of sp³-hybridized carbons (Fsp3) is 0.583. The van der Waals surface area contributed by atoms with Crippen LogP contribution in [-0.4, -0.2) is 132 Å². The van der Waals surface area contributed by atoms with Gasteiger partial charge in [-0.05, 0) is 57.1 Å². The second-order valence-corrected chi connectivity index (χ2v) is 13.3. The van der Waals surface area contributed by atoms with Gasteiger partial charge in [0.15, 0.2) is 6.61 Å². The lowest BCUT2D eigenvalue weighted by molar-refractivity contribution is -0.140. The summed E-state index contributed by atoms with van der Waals surface area (Å²) in [6.07, 6.45) is 4.84. The highest BCUT2D eigenvalue weighted by molar-refractivity contribution is 6.00. The van der Waals surface area contributed by atoms with Crippen LogP contribution in [0.4, 0.5) is 4.79 Å². The predicted molar refractivity (Wildman–Crippen MR) is 187 cm³/mol. The van der Waals surface area contributed by atoms with Crippen LogP contribution in [0.2, 0.25) is 0 Å². The number of aromatic nitrogens is 1. The zero-order valence-electron chi connectivity index (χ0n) is 29.8. The SMILES string of the molecule is CCCCOC(=O)N1CCN(C(=O)[C@H](CCC(=O)O)NC(=O)c2cc(OCC(=O)N3CCC[C@H]3C(=O)NC3CCC3)c3ccc(OC)cc3n2)CC1. The Morgan fingerprint density at radius 1 is 0.981 bits per heavy atom. The number of benzene rings is 1. The van der Waals surface area contributed by atoms with Crippen molar-refractivity contribution in [1.29, 1.82) is 0 Å². The molecule has 1 aliphatic carbocycles. The Hall–Kier alpha value is -5.15. The average Bonchev–Trinajstić information content (AvgIpc) is 3.63. The number of piperazine rings is 1. The first-order valence-electron chi connectivity index (χ1n) is 18.0. The largest absolute Gasteiger partial charge is 0.497 e. The van der Waals surface area contributed by atoms with E-state index in [1.165, 1.54) is 27.9 Å². The summed E-state index contributed by atoms with van der Waals surface area (Å²) in [4.78, 5) is 86.5. The van der Waals surface area contributed by atoms with E-state index in [4.69, 9.17) is 14.2 Å². The van der Waals surface area contributed by atoms with E-state index >= 15 is 0 Å². The van der Waals surface area contributed by atoms with Gasteiger partial charge in [-0.3, -0.25) is 24.0 Å². The highest BCUT2D eigenvalue weighted by Crippen LogP contribution is 2.29. The highest BCUT2D eigenvalue weighted by Gasteiger charge is 2.36. The van der Waals surface area contributed by atoms with Crippen molar-refractivity contribution >= 4 is 46.6 Å². The number of hydrogen-bond donors (Lipinski definition) is 3. The molecule has 3 N–H and O–H groups in total. The van der Waals surface area contributed by atoms with Gasteiger partial charge in [0.2, 0.25) is 11.8 Å². The summed E-state index contributed by atoms with van der Waals surface area (Å²) < 4.78 is 16.6. The molecule has 1 saturated carbocycles. The summed E-state index contributed by atoms with van der Waals surface area (Å²) in [5.41, 5.74) is 0.193. The molecule has 16 nitrogen and oxygen atoms in total. The Bertz CT molecular complexity index is 1640. The molecule has 0 unspecified atom stereocenters. The summed E-state index contributed by atoms with van der Waals surface area (Å²) >= 11 is 0. The maximum atomic E-state index is 13.7. The smallest absolute Gasteiger partial charge is 0.409 e. The summed E-state index contributed by atoms with van der Waals surface area (Å²) in [5, 5.41) is 15.6. The standard InChI is InChI=1S/C36H48N6O10/c1-3-4-19-51-36(49)41-17-15-40(16-18-41)35(48)26(12-13-32(44)45)39-33(46)28-21-30(25-11-10-24(50-2)20-27(25)38-28)52-22-31(43)42-14-6-9-29(42)34(47)37-23-7-5-8-23/h10-11,20-21,23,26,29H,3-9,12-19,22H2,1-2H3,(H,37,47)(H,39,46)(H,44,45)/t26-,29-/m0/s1. The summed E-state index contributed by atoms with van der Waals surface area (Å²) in [5.74, 6) is -2.27. The first-order valence-corrected chi connectivity index (χ1v) is 18.0. The summed E-state index contributed by atoms with van der Waals surface area (Å²) in [7, 11) is 1.48. The molecule has 3 aliphatic rings. The Morgan fingerprint density at radius 3 is 2.40 bits per heavy atom. The number of carbonyl (C=O) groups excluding carboxylic acids is 5. The number of nitrogens with one attached hydrogen (secondary N) is 2. The van der Waals surface area contributed by atoms with Gasteiger partial charge in [-0.1, -0.05) is 13.3 Å². The number of hydrogen-bond acceptors (Lipinski definition) is 10. The van der Waals surface area contributed by atoms with Gasteiger partial charge in [0.05, 0.1) is 19.2 Å². The predicted octanol–water partition coefficient (Wildman–Crippen LogP) is 2.33. The van der Waals surface area contributed by atoms with E-state index in [2.05, 4.69) is 15.6 Å². The number of carboxylic acid groups (broad SMARTS) is 1. The molecule has 282 valence electrons. The zero-order chi connectivity index (χ0) is 37.2. The van der Waals surface area contributed by atoms with Crippen LogP contribution in [-0.2, 0) is 23.9 Å². The third-order valence-electron chi connectivity index (χ3n) is 9.71. The van der Waals surface area contributed by atoms with Crippen molar-refractivity contribution in [1.82, 2.24) is 30.3 Å². The van der Waals surface area contributed by atoms with Crippen LogP contribution in [0.25, 0.3) is 10.9 Å². The Morgan fingerprint density at radius 2 is 1.73 bits per heavy atom. The number of unbranched alkanes of at least 4 members (excludes halogenated alkanes) is 1. The molecule has 3 heterocycles. The van der Waals surface area contributed by atoms with Gasteiger partial charge >= 0.3 is 12.1 Å². The van der Waals surface area contributed by atoms with Gasteiger partial charge < -0.3 is 44.7 Å². The van der Waals surface area contributed by atoms with Crippen LogP contribution in [0.3, 0.4) is 0 Å². The molecule has 0 bridgehead atoms. The quantitative estimate of drug-likeness (QED) is 0.228. The number of fused-ring (bicyclic) bond motifs is 1. The van der Waals surface area contributed by atoms with E-state index in [1.807, 2.05) is 6.92 Å². The van der Waals surface area contributed by atoms with Gasteiger partial charge in [-0.15, -0.1) is 0 Å². The Balaban J connectivity index is 1.29. The van der Waals surface area contributed by atoms with Crippen molar-refractivity contribution in [2.24, 2.45) is 0 Å². The molecule has 2 atom stereocenters. The lowest BCUT2D eigenvalue weighted by Gasteiger charge is -2.36. The second kappa shape index (κ2) is 17.9. The zero-order valence-corrected chi connectivity index (χ0v) is 29.8. The van der Waals surface area contributed by atoms with Gasteiger partial charge in [-0.2, -0.15) is 0 Å². The minimum Gasteiger partial charge on any atom is -0.497 e. The van der Waals surface area contributed by atoms with Crippen LogP contribution in [0, 0.1) is 0 Å². The van der Waals surface area contributed by atoms with Gasteiger partial charge in [0, 0.05) is 62.7 Å². The number of amides is 5. The van der Waals surface area contributed by atoms with Crippen molar-refractivity contribution in [2.45, 2.75) is 82.8 Å². The highest BCUT2D eigenvalue weighted by atomic mass is 16.6. The maximum Gasteiger partial charge on any atom is 0.409 e. The molecule has 16 heteroatoms. The fourth-order valence-electron chi connectivity index (χ4n) is 6.43. The molecule has 0 spiro atoms. The number of nitrogens with zero attached hydrogens (tertiary/aromatic N) is 4. The van der Waals surface area contributed by atoms with E-state index in [0.717, 1.165) is 32.1 Å². The third kappa shape index (κ3) is 9.59. The monoisotopic (exact) mass is 724 g/mol. The van der Waals surface area contributed by atoms with Gasteiger partial charge in [0.25, 0.3) is 11.8 Å². The molecular formula is C36H48N6O10. The van der Waals surface area contributed by atoms with Crippen LogP contribution >= 0.6 is 0 Å². The van der Waals surface area contributed by atoms with Crippen LogP contribution < -0.4 is 20.1 Å². The van der Waals surface area contributed by atoms with Crippen molar-refractivity contribution in [2.75, 3.05) is 53.0 Å². The number of aliphatic carboxylic acids is 1. The lowest BCUT2D eigenvalue weighted by Crippen LogP contribution is -2.56. The van der Waals surface area contributed by atoms with E-state index in [-0.39, 0.29) is 68.3 Å². The third-order valence-corrected chi connectivity index (χ3v) is 9.71. The number of carboxylic acids is 1. The van der Waals surface area contributed by atoms with Crippen LogP contribution in [0.1, 0.15) is 75.2 Å². The molecule has 2 saturated heterocycles. The number of pyridine rings is 1. The molecule has 2 aliphatic heterocycles. The van der Waals surface area contributed by atoms with Gasteiger partial charge in [-0.25, -0.2) is 9.78 Å². The van der Waals surface area contributed by atoms with Crippen molar-refractivity contribution in [3.8, 4) is 11.5 Å². The number of methoxy groups -OCH3 is 1. The van der Waals surface area contributed by atoms with E-state index in [9.17, 15) is 33.9 Å². The Kier molecular flexibility index (Phi) is 13.1. The normalized spacial score (nSPS) is 18.0. The summed E-state index contributed by atoms with van der Waals surface area (Å²) in [6.45, 7) is 3.16. The molecule has 3 fully saturated rings. The molecule has 5 rings (SSSR count). The first-order chi connectivity index (χ1) is 25.1. The van der Waals surface area contributed by atoms with E-state index in [0.29, 0.717) is 42.6 Å². The summed E-state index contributed by atoms with van der Waals surface area (Å²) in [6, 6.07) is 4.72. The minimum absolute atomic E-state index is 0.130. The van der Waals surface area contributed by atoms with Crippen LogP contribution in [0.5, 0.6) is 11.5 Å². The molecule has 0 radical (unpaired) electrons. The number of carbonyl (C=O) groups is 6. The average molecular weight is 725 g/mol. The topological polar surface area (TPSA) is 197 Å². The molecule has 52 heavy (non-hydrogen) atoms. The van der Waals surface area contributed by atoms with Crippen molar-refractivity contribution in [3.63, 3.8) is 0 Å². The lowest BCUT2D eigenvalue weighted by atomic mass is 9.93. The molecular weight excluding hydrogens is 676 g/mol. The van der Waals surface area contributed by atoms with Crippen LogP contribution in [0.15, 0.2) is 24.3 Å². The fourth-order valence-corrected chi connectivity index (χ4v) is 6.43. The van der Waals surface area contributed by atoms with E-state index in [1.54, 1.807) is 18.2 Å². The molecule has 5 amide bonds. The molecule has 2 aromatic rings. The Labute approximate surface area is 302 Å². The molecule has 1 aromatic heterocycles.